The van der Waals surface area contributed by atoms with Gasteiger partial charge in [-0.25, -0.2) is 0 Å². The first-order chi connectivity index (χ1) is 14.4. The Bertz CT molecular complexity index is 801. The first-order valence-corrected chi connectivity index (χ1v) is 10.2. The van der Waals surface area contributed by atoms with Gasteiger partial charge in [-0.2, -0.15) is 10.1 Å². The molecular formula is C21H33N7O2. The summed E-state index contributed by atoms with van der Waals surface area (Å²) >= 11 is 0. The Morgan fingerprint density at radius 3 is 2.87 bits per heavy atom. The Labute approximate surface area is 178 Å². The van der Waals surface area contributed by atoms with Gasteiger partial charge in [-0.1, -0.05) is 11.6 Å². The molecule has 0 bridgehead atoms. The van der Waals surface area contributed by atoms with Crippen LogP contribution in [-0.2, 0) is 9.47 Å². The zero-order valence-electron chi connectivity index (χ0n) is 18.3. The van der Waals surface area contributed by atoms with E-state index in [0.717, 1.165) is 49.8 Å². The average molecular weight is 416 g/mol. The van der Waals surface area contributed by atoms with Gasteiger partial charge >= 0.3 is 0 Å². The number of likely N-dealkylation sites (N-methyl/N-ethyl adjacent to an activating group) is 1. The van der Waals surface area contributed by atoms with Crippen LogP contribution in [0.4, 0.5) is 5.69 Å². The standard InChI is InChI=1S/C21H33N7O2/c1-16-5-6-18(22)17(13-16)15-23-25-20-14-19(26(2)3)24-21(27(20)4)30-12-9-28-7-10-29-11-8-28/h5-6,13-15,20,25H,7-12,22H2,1-4H3/b23-15+. The van der Waals surface area contributed by atoms with Gasteiger partial charge in [0.15, 0.2) is 0 Å². The van der Waals surface area contributed by atoms with Crippen molar-refractivity contribution in [2.45, 2.75) is 13.1 Å². The topological polar surface area (TPSA) is 90.9 Å². The molecular weight excluding hydrogens is 382 g/mol. The van der Waals surface area contributed by atoms with Crippen LogP contribution in [0.1, 0.15) is 11.1 Å². The summed E-state index contributed by atoms with van der Waals surface area (Å²) in [6, 6.07) is 6.45. The smallest absolute Gasteiger partial charge is 0.295 e. The van der Waals surface area contributed by atoms with Gasteiger partial charge in [0.05, 0.1) is 19.4 Å². The molecule has 3 N–H and O–H groups in total. The van der Waals surface area contributed by atoms with Crippen molar-refractivity contribution >= 4 is 17.9 Å². The maximum atomic E-state index is 6.04. The second-order valence-corrected chi connectivity index (χ2v) is 7.69. The lowest BCUT2D eigenvalue weighted by Crippen LogP contribution is -2.48. The van der Waals surface area contributed by atoms with Crippen LogP contribution in [0.3, 0.4) is 0 Å². The molecule has 0 aliphatic carbocycles. The second kappa shape index (κ2) is 10.3. The molecule has 2 aliphatic heterocycles. The van der Waals surface area contributed by atoms with Gasteiger partial charge in [0.1, 0.15) is 18.6 Å². The number of hydrazone groups is 1. The van der Waals surface area contributed by atoms with E-state index in [1.807, 2.05) is 62.1 Å². The fourth-order valence-corrected chi connectivity index (χ4v) is 3.17. The molecule has 3 rings (SSSR count). The largest absolute Gasteiger partial charge is 0.463 e. The molecule has 0 radical (unpaired) electrons. The molecule has 1 aromatic carbocycles. The molecule has 0 spiro atoms. The van der Waals surface area contributed by atoms with Crippen LogP contribution < -0.4 is 11.2 Å². The molecule has 0 amide bonds. The van der Waals surface area contributed by atoms with Gasteiger partial charge in [0.25, 0.3) is 6.02 Å². The molecule has 30 heavy (non-hydrogen) atoms. The number of aliphatic imine (C=N–C) groups is 1. The number of hydrogen-bond donors (Lipinski definition) is 2. The van der Waals surface area contributed by atoms with Crippen LogP contribution in [0.25, 0.3) is 0 Å². The zero-order valence-corrected chi connectivity index (χ0v) is 18.3. The predicted octanol–water partition coefficient (Wildman–Crippen LogP) is 0.880. The Balaban J connectivity index is 1.62. The number of nitrogens with zero attached hydrogens (tertiary/aromatic N) is 5. The number of nitrogens with two attached hydrogens (primary N) is 1. The van der Waals surface area contributed by atoms with Crippen molar-refractivity contribution in [1.82, 2.24) is 20.1 Å². The Kier molecular flexibility index (Phi) is 7.53. The van der Waals surface area contributed by atoms with Crippen LogP contribution in [0.2, 0.25) is 0 Å². The van der Waals surface area contributed by atoms with Crippen LogP contribution in [0.5, 0.6) is 0 Å². The van der Waals surface area contributed by atoms with Crippen molar-refractivity contribution in [2.75, 3.05) is 66.3 Å². The number of benzene rings is 1. The Hall–Kier alpha value is -2.78. The number of aryl methyl sites for hydroxylation is 1. The van der Waals surface area contributed by atoms with Crippen molar-refractivity contribution in [2.24, 2.45) is 10.1 Å². The number of nitrogen functional groups attached to an aromatic ring is 1. The molecule has 2 heterocycles. The molecule has 1 saturated heterocycles. The van der Waals surface area contributed by atoms with Gasteiger partial charge in [-0.05, 0) is 19.1 Å². The lowest BCUT2D eigenvalue weighted by atomic mass is 10.1. The highest BCUT2D eigenvalue weighted by atomic mass is 16.5. The minimum absolute atomic E-state index is 0.194. The maximum absolute atomic E-state index is 6.04. The molecule has 0 saturated carbocycles. The quantitative estimate of drug-likeness (QED) is 0.388. The van der Waals surface area contributed by atoms with Crippen LogP contribution in [0.15, 0.2) is 40.2 Å². The van der Waals surface area contributed by atoms with E-state index in [-0.39, 0.29) is 6.17 Å². The molecule has 1 fully saturated rings. The molecule has 9 heteroatoms. The number of morpholine rings is 1. The summed E-state index contributed by atoms with van der Waals surface area (Å²) < 4.78 is 11.4. The number of ether oxygens (including phenoxy) is 2. The maximum Gasteiger partial charge on any atom is 0.295 e. The van der Waals surface area contributed by atoms with Crippen molar-refractivity contribution in [3.05, 3.63) is 41.2 Å². The minimum atomic E-state index is -0.194. The Morgan fingerprint density at radius 1 is 1.37 bits per heavy atom. The van der Waals surface area contributed by atoms with Crippen molar-refractivity contribution in [1.29, 1.82) is 0 Å². The van der Waals surface area contributed by atoms with Gasteiger partial charge in [0.2, 0.25) is 0 Å². The number of hydrogen-bond acceptors (Lipinski definition) is 9. The van der Waals surface area contributed by atoms with E-state index in [9.17, 15) is 0 Å². The average Bonchev–Trinajstić information content (AvgIpc) is 2.73. The van der Waals surface area contributed by atoms with Gasteiger partial charge < -0.3 is 25.0 Å². The molecule has 1 aromatic rings. The van der Waals surface area contributed by atoms with E-state index in [1.54, 1.807) is 6.21 Å². The highest BCUT2D eigenvalue weighted by Gasteiger charge is 2.24. The lowest BCUT2D eigenvalue weighted by molar-refractivity contribution is 0.0300. The van der Waals surface area contributed by atoms with E-state index in [2.05, 4.69) is 20.4 Å². The van der Waals surface area contributed by atoms with Gasteiger partial charge in [-0.3, -0.25) is 10.3 Å². The van der Waals surface area contributed by atoms with Gasteiger partial charge in [-0.15, -0.1) is 0 Å². The highest BCUT2D eigenvalue weighted by molar-refractivity contribution is 5.87. The van der Waals surface area contributed by atoms with E-state index in [1.165, 1.54) is 0 Å². The van der Waals surface area contributed by atoms with E-state index in [0.29, 0.717) is 18.3 Å². The first kappa shape index (κ1) is 21.9. The molecule has 2 aliphatic rings. The van der Waals surface area contributed by atoms with Crippen molar-refractivity contribution in [3.8, 4) is 0 Å². The number of nitrogens with one attached hydrogen (secondary N) is 1. The fraction of sp³-hybridized carbons (Fsp3) is 0.524. The number of amidine groups is 1. The summed E-state index contributed by atoms with van der Waals surface area (Å²) in [5.74, 6) is 0.817. The summed E-state index contributed by atoms with van der Waals surface area (Å²) in [6.07, 6.45) is 3.55. The minimum Gasteiger partial charge on any atom is -0.463 e. The SMILES string of the molecule is Cc1ccc(N)c(/C=N/NC2C=C(N(C)C)N=C(OCCN3CCOCC3)N2C)c1. The molecule has 1 atom stereocenters. The third-order valence-corrected chi connectivity index (χ3v) is 5.09. The Morgan fingerprint density at radius 2 is 2.13 bits per heavy atom. The van der Waals surface area contributed by atoms with Crippen molar-refractivity contribution < 1.29 is 9.47 Å². The summed E-state index contributed by atoms with van der Waals surface area (Å²) in [7, 11) is 5.85. The normalized spacial score (nSPS) is 20.1. The molecule has 9 nitrogen and oxygen atoms in total. The summed E-state index contributed by atoms with van der Waals surface area (Å²) in [4.78, 5) is 10.9. The number of rotatable bonds is 7. The summed E-state index contributed by atoms with van der Waals surface area (Å²) in [5.41, 5.74) is 11.9. The molecule has 1 unspecified atom stereocenters. The van der Waals surface area contributed by atoms with E-state index in [4.69, 9.17) is 15.2 Å². The van der Waals surface area contributed by atoms with Crippen molar-refractivity contribution in [3.63, 3.8) is 0 Å². The predicted molar refractivity (Wildman–Crippen MR) is 120 cm³/mol. The third kappa shape index (κ3) is 5.87. The summed E-state index contributed by atoms with van der Waals surface area (Å²) in [5, 5.41) is 4.41. The third-order valence-electron chi connectivity index (χ3n) is 5.09. The molecule has 164 valence electrons. The monoisotopic (exact) mass is 415 g/mol. The first-order valence-electron chi connectivity index (χ1n) is 10.2. The van der Waals surface area contributed by atoms with Crippen LogP contribution in [0, 0.1) is 6.92 Å². The van der Waals surface area contributed by atoms with E-state index < -0.39 is 0 Å². The van der Waals surface area contributed by atoms with Gasteiger partial charge in [0, 0.05) is 58.1 Å². The molecule has 0 aromatic heterocycles. The zero-order chi connectivity index (χ0) is 21.5. The lowest BCUT2D eigenvalue weighted by Gasteiger charge is -2.33. The highest BCUT2D eigenvalue weighted by Crippen LogP contribution is 2.15. The second-order valence-electron chi connectivity index (χ2n) is 7.69. The summed E-state index contributed by atoms with van der Waals surface area (Å²) in [6.45, 7) is 6.89. The van der Waals surface area contributed by atoms with Crippen LogP contribution >= 0.6 is 0 Å². The van der Waals surface area contributed by atoms with E-state index >= 15 is 0 Å². The fourth-order valence-electron chi connectivity index (χ4n) is 3.17. The number of anilines is 1. The van der Waals surface area contributed by atoms with Crippen LogP contribution in [-0.4, -0.2) is 93.7 Å².